The third kappa shape index (κ3) is 2.28. The van der Waals surface area contributed by atoms with Crippen LogP contribution in [-0.2, 0) is 9.47 Å². The van der Waals surface area contributed by atoms with Gasteiger partial charge in [-0.15, -0.1) is 0 Å². The Bertz CT molecular complexity index is 404. The van der Waals surface area contributed by atoms with Crippen LogP contribution in [0.25, 0.3) is 0 Å². The average molecular weight is 254 g/mol. The van der Waals surface area contributed by atoms with Crippen molar-refractivity contribution < 1.29 is 19.0 Å². The first kappa shape index (κ1) is 13.5. The van der Waals surface area contributed by atoms with Crippen molar-refractivity contribution in [1.29, 1.82) is 0 Å². The predicted octanol–water partition coefficient (Wildman–Crippen LogP) is 2.79. The first-order valence-electron chi connectivity index (χ1n) is 6.36. The fourth-order valence-corrected chi connectivity index (χ4v) is 2.36. The Kier molecular flexibility index (Phi) is 4.00. The zero-order chi connectivity index (χ0) is 13.2. The number of aliphatic hydroxyl groups is 1. The van der Waals surface area contributed by atoms with Crippen molar-refractivity contribution in [2.75, 3.05) is 6.61 Å². The van der Waals surface area contributed by atoms with Gasteiger partial charge in [0.25, 0.3) is 0 Å². The number of aliphatic hydroxyl groups excluding tert-OH is 1. The van der Waals surface area contributed by atoms with E-state index < -0.39 is 18.0 Å². The summed E-state index contributed by atoms with van der Waals surface area (Å²) >= 11 is 0. The van der Waals surface area contributed by atoms with Gasteiger partial charge in [0.15, 0.2) is 5.79 Å². The van der Waals surface area contributed by atoms with Crippen LogP contribution in [0.15, 0.2) is 24.3 Å². The lowest BCUT2D eigenvalue weighted by molar-refractivity contribution is -0.182. The quantitative estimate of drug-likeness (QED) is 0.898. The summed E-state index contributed by atoms with van der Waals surface area (Å²) in [5, 5.41) is 9.38. The molecule has 100 valence electrons. The maximum atomic E-state index is 13.8. The Morgan fingerprint density at radius 1 is 1.22 bits per heavy atom. The molecule has 0 unspecified atom stereocenters. The Labute approximate surface area is 107 Å². The van der Waals surface area contributed by atoms with E-state index in [-0.39, 0.29) is 12.4 Å². The fraction of sp³-hybridized carbons (Fsp3) is 0.571. The van der Waals surface area contributed by atoms with Gasteiger partial charge in [-0.05, 0) is 18.9 Å². The van der Waals surface area contributed by atoms with Crippen molar-refractivity contribution in [1.82, 2.24) is 0 Å². The Hall–Kier alpha value is -0.970. The van der Waals surface area contributed by atoms with Crippen molar-refractivity contribution in [2.24, 2.45) is 0 Å². The molecule has 0 aromatic heterocycles. The van der Waals surface area contributed by atoms with Crippen molar-refractivity contribution in [3.63, 3.8) is 0 Å². The molecule has 0 aliphatic carbocycles. The van der Waals surface area contributed by atoms with E-state index in [4.69, 9.17) is 9.47 Å². The number of benzene rings is 1. The van der Waals surface area contributed by atoms with Crippen LogP contribution in [0.3, 0.4) is 0 Å². The third-order valence-electron chi connectivity index (χ3n) is 3.51. The Balaban J connectivity index is 2.30. The number of rotatable bonds is 4. The Morgan fingerprint density at radius 3 is 2.44 bits per heavy atom. The van der Waals surface area contributed by atoms with Crippen LogP contribution in [0.2, 0.25) is 0 Å². The summed E-state index contributed by atoms with van der Waals surface area (Å²) in [7, 11) is 0. The summed E-state index contributed by atoms with van der Waals surface area (Å²) in [6, 6.07) is 6.46. The molecule has 1 aromatic rings. The van der Waals surface area contributed by atoms with E-state index >= 15 is 0 Å². The molecule has 1 fully saturated rings. The number of ether oxygens (including phenoxy) is 2. The van der Waals surface area contributed by atoms with Gasteiger partial charge in [0.2, 0.25) is 0 Å². The van der Waals surface area contributed by atoms with E-state index in [0.29, 0.717) is 18.4 Å². The molecule has 1 aliphatic heterocycles. The summed E-state index contributed by atoms with van der Waals surface area (Å²) in [5.74, 6) is -1.03. The smallest absolute Gasteiger partial charge is 0.169 e. The molecule has 4 heteroatoms. The number of halogens is 1. The minimum absolute atomic E-state index is 0.180. The monoisotopic (exact) mass is 254 g/mol. The van der Waals surface area contributed by atoms with Gasteiger partial charge in [-0.3, -0.25) is 0 Å². The molecule has 3 nitrogen and oxygen atoms in total. The molecule has 0 spiro atoms. The van der Waals surface area contributed by atoms with Crippen LogP contribution in [0.1, 0.15) is 38.4 Å². The lowest BCUT2D eigenvalue weighted by Crippen LogP contribution is -2.29. The van der Waals surface area contributed by atoms with Crippen molar-refractivity contribution in [2.45, 2.75) is 44.7 Å². The maximum Gasteiger partial charge on any atom is 0.169 e. The van der Waals surface area contributed by atoms with Crippen molar-refractivity contribution in [3.8, 4) is 0 Å². The lowest BCUT2D eigenvalue weighted by Gasteiger charge is -2.25. The minimum Gasteiger partial charge on any atom is -0.394 e. The molecule has 0 amide bonds. The molecule has 1 aliphatic rings. The summed E-state index contributed by atoms with van der Waals surface area (Å²) in [5.41, 5.74) is 0.445. The molecule has 1 saturated heterocycles. The summed E-state index contributed by atoms with van der Waals surface area (Å²) < 4.78 is 25.5. The normalized spacial score (nSPS) is 26.4. The van der Waals surface area contributed by atoms with E-state index in [1.807, 2.05) is 13.8 Å². The first-order chi connectivity index (χ1) is 8.65. The van der Waals surface area contributed by atoms with Gasteiger partial charge in [0.05, 0.1) is 6.61 Å². The van der Waals surface area contributed by atoms with Gasteiger partial charge in [0, 0.05) is 5.56 Å². The van der Waals surface area contributed by atoms with Crippen LogP contribution >= 0.6 is 0 Å². The highest BCUT2D eigenvalue weighted by Gasteiger charge is 2.46. The van der Waals surface area contributed by atoms with Gasteiger partial charge in [-0.25, -0.2) is 4.39 Å². The third-order valence-corrected chi connectivity index (χ3v) is 3.51. The standard InChI is InChI=1S/C14H19FO3/c1-3-14(4-2)17-12(9-16)13(18-14)10-7-5-6-8-11(10)15/h5-8,12-13,16H,3-4,9H2,1-2H3/t12-,13-/m0/s1. The number of hydrogen-bond donors (Lipinski definition) is 1. The second-order valence-electron chi connectivity index (χ2n) is 4.52. The number of hydrogen-bond acceptors (Lipinski definition) is 3. The minimum atomic E-state index is -0.708. The van der Waals surface area contributed by atoms with E-state index in [9.17, 15) is 9.50 Å². The van der Waals surface area contributed by atoms with E-state index in [2.05, 4.69) is 0 Å². The van der Waals surface area contributed by atoms with Gasteiger partial charge in [0.1, 0.15) is 18.0 Å². The summed E-state index contributed by atoms with van der Waals surface area (Å²) in [6.07, 6.45) is 0.286. The fourth-order valence-electron chi connectivity index (χ4n) is 2.36. The van der Waals surface area contributed by atoms with Crippen molar-refractivity contribution >= 4 is 0 Å². The maximum absolute atomic E-state index is 13.8. The van der Waals surface area contributed by atoms with Crippen LogP contribution in [0.5, 0.6) is 0 Å². The molecule has 1 heterocycles. The predicted molar refractivity (Wildman–Crippen MR) is 65.5 cm³/mol. The summed E-state index contributed by atoms with van der Waals surface area (Å²) in [6.45, 7) is 3.74. The van der Waals surface area contributed by atoms with E-state index in [1.54, 1.807) is 18.2 Å². The zero-order valence-electron chi connectivity index (χ0n) is 10.7. The van der Waals surface area contributed by atoms with Gasteiger partial charge in [-0.1, -0.05) is 32.0 Å². The summed E-state index contributed by atoms with van der Waals surface area (Å²) in [4.78, 5) is 0. The molecule has 0 radical (unpaired) electrons. The first-order valence-corrected chi connectivity index (χ1v) is 6.36. The van der Waals surface area contributed by atoms with Gasteiger partial charge >= 0.3 is 0 Å². The highest BCUT2D eigenvalue weighted by atomic mass is 19.1. The zero-order valence-corrected chi connectivity index (χ0v) is 10.7. The molecule has 1 aromatic carbocycles. The van der Waals surface area contributed by atoms with Crippen molar-refractivity contribution in [3.05, 3.63) is 35.6 Å². The van der Waals surface area contributed by atoms with Gasteiger partial charge < -0.3 is 14.6 Å². The van der Waals surface area contributed by atoms with Crippen LogP contribution in [0, 0.1) is 5.82 Å². The van der Waals surface area contributed by atoms with Crippen LogP contribution in [-0.4, -0.2) is 23.6 Å². The molecule has 0 saturated carbocycles. The van der Waals surface area contributed by atoms with Gasteiger partial charge in [-0.2, -0.15) is 0 Å². The topological polar surface area (TPSA) is 38.7 Å². The lowest BCUT2D eigenvalue weighted by atomic mass is 10.0. The molecular formula is C14H19FO3. The highest BCUT2D eigenvalue weighted by Crippen LogP contribution is 2.42. The highest BCUT2D eigenvalue weighted by molar-refractivity contribution is 5.22. The largest absolute Gasteiger partial charge is 0.394 e. The Morgan fingerprint density at radius 2 is 1.89 bits per heavy atom. The average Bonchev–Trinajstić information content (AvgIpc) is 2.79. The molecule has 2 atom stereocenters. The molecule has 18 heavy (non-hydrogen) atoms. The molecule has 2 rings (SSSR count). The second kappa shape index (κ2) is 5.34. The van der Waals surface area contributed by atoms with E-state index in [1.165, 1.54) is 6.07 Å². The van der Waals surface area contributed by atoms with Crippen LogP contribution in [0.4, 0.5) is 4.39 Å². The SMILES string of the molecule is CCC1(CC)O[C@@H](CO)[C@H](c2ccccc2F)O1. The molecule has 0 bridgehead atoms. The van der Waals surface area contributed by atoms with E-state index in [0.717, 1.165) is 0 Å². The van der Waals surface area contributed by atoms with Crippen LogP contribution < -0.4 is 0 Å². The second-order valence-corrected chi connectivity index (χ2v) is 4.52. The molecule has 1 N–H and O–H groups in total. The molecular weight excluding hydrogens is 235 g/mol.